The van der Waals surface area contributed by atoms with Crippen molar-refractivity contribution in [3.05, 3.63) is 20.8 Å². The first kappa shape index (κ1) is 11.0. The number of halogens is 1. The molecule has 0 saturated heterocycles. The molecule has 0 amide bonds. The fourth-order valence-corrected chi connectivity index (χ4v) is 3.31. The largest absolute Gasteiger partial charge is 0.295 e. The van der Waals surface area contributed by atoms with Crippen molar-refractivity contribution in [2.45, 2.75) is 38.3 Å². The summed E-state index contributed by atoms with van der Waals surface area (Å²) in [6.07, 6.45) is 7.72. The minimum absolute atomic E-state index is 0.249. The fraction of sp³-hybridized carbons (Fsp3) is 0.500. The third kappa shape index (κ3) is 2.20. The first-order chi connectivity index (χ1) is 7.02. The van der Waals surface area contributed by atoms with Gasteiger partial charge in [-0.25, -0.2) is 0 Å². The summed E-state index contributed by atoms with van der Waals surface area (Å²) in [4.78, 5) is 1.41. The van der Waals surface area contributed by atoms with Gasteiger partial charge in [0.25, 0.3) is 0 Å². The van der Waals surface area contributed by atoms with E-state index in [2.05, 4.69) is 17.3 Å². The predicted molar refractivity (Wildman–Crippen MR) is 66.4 cm³/mol. The molecule has 1 aromatic heterocycles. The van der Waals surface area contributed by atoms with Gasteiger partial charge in [0.05, 0.1) is 9.88 Å². The second kappa shape index (κ2) is 3.83. The lowest BCUT2D eigenvalue weighted by Gasteiger charge is -2.25. The van der Waals surface area contributed by atoms with E-state index in [1.807, 2.05) is 13.8 Å². The summed E-state index contributed by atoms with van der Waals surface area (Å²) >= 11 is 7.69. The molecule has 1 nitrogen and oxygen atoms in total. The third-order valence-electron chi connectivity index (χ3n) is 2.74. The molecule has 1 aliphatic carbocycles. The molecule has 0 aromatic carbocycles. The van der Waals surface area contributed by atoms with Crippen molar-refractivity contribution >= 4 is 22.9 Å². The molecule has 1 aromatic rings. The number of rotatable bonds is 2. The molecule has 0 spiro atoms. The molecule has 0 saturated carbocycles. The van der Waals surface area contributed by atoms with Gasteiger partial charge in [-0.05, 0) is 38.3 Å². The van der Waals surface area contributed by atoms with Gasteiger partial charge >= 0.3 is 0 Å². The fourth-order valence-electron chi connectivity index (χ4n) is 1.96. The summed E-state index contributed by atoms with van der Waals surface area (Å²) < 4.78 is 0.880. The molecule has 1 aliphatic rings. The number of hydrogen-bond donors (Lipinski definition) is 1. The molecular weight excluding hydrogens is 226 g/mol. The Kier molecular flexibility index (Phi) is 2.81. The minimum Gasteiger partial charge on any atom is -0.295 e. The van der Waals surface area contributed by atoms with Gasteiger partial charge < -0.3 is 0 Å². The van der Waals surface area contributed by atoms with Crippen LogP contribution in [0.5, 0.6) is 0 Å². The normalized spacial score (nSPS) is 20.0. The van der Waals surface area contributed by atoms with Crippen LogP contribution < -0.4 is 5.32 Å². The molecule has 3 heteroatoms. The highest BCUT2D eigenvalue weighted by Gasteiger charge is 2.28. The predicted octanol–water partition coefficient (Wildman–Crippen LogP) is 3.39. The van der Waals surface area contributed by atoms with Gasteiger partial charge in [0, 0.05) is 10.9 Å². The van der Waals surface area contributed by atoms with Gasteiger partial charge in [-0.2, -0.15) is 0 Å². The highest BCUT2D eigenvalue weighted by molar-refractivity contribution is 7.16. The van der Waals surface area contributed by atoms with Crippen LogP contribution in [0.3, 0.4) is 0 Å². The van der Waals surface area contributed by atoms with Crippen LogP contribution in [-0.4, -0.2) is 5.54 Å². The molecule has 1 heterocycles. The third-order valence-corrected chi connectivity index (χ3v) is 4.08. The molecule has 1 atom stereocenters. The number of terminal acetylenes is 1. The van der Waals surface area contributed by atoms with Crippen LogP contribution in [0.4, 0.5) is 0 Å². The van der Waals surface area contributed by atoms with Crippen LogP contribution >= 0.6 is 22.9 Å². The lowest BCUT2D eigenvalue weighted by atomic mass is 10.0. The van der Waals surface area contributed by atoms with Gasteiger partial charge in [0.15, 0.2) is 0 Å². The number of aryl methyl sites for hydroxylation is 1. The van der Waals surface area contributed by atoms with Crippen LogP contribution in [-0.2, 0) is 6.42 Å². The second-order valence-electron chi connectivity index (χ2n) is 4.43. The Labute approximate surface area is 99.8 Å². The number of nitrogens with one attached hydrogen (secondary N) is 1. The van der Waals surface area contributed by atoms with Gasteiger partial charge in [-0.3, -0.25) is 5.32 Å². The van der Waals surface area contributed by atoms with Crippen LogP contribution in [0.1, 0.15) is 36.8 Å². The van der Waals surface area contributed by atoms with Gasteiger partial charge in [-0.1, -0.05) is 17.5 Å². The average Bonchev–Trinajstić information content (AvgIpc) is 2.67. The van der Waals surface area contributed by atoms with Crippen molar-refractivity contribution in [3.63, 3.8) is 0 Å². The number of thiophene rings is 1. The number of hydrogen-bond acceptors (Lipinski definition) is 2. The minimum atomic E-state index is -0.249. The maximum atomic E-state index is 6.00. The maximum absolute atomic E-state index is 6.00. The highest BCUT2D eigenvalue weighted by atomic mass is 35.5. The van der Waals surface area contributed by atoms with Crippen LogP contribution in [0.2, 0.25) is 4.34 Å². The van der Waals surface area contributed by atoms with E-state index < -0.39 is 0 Å². The van der Waals surface area contributed by atoms with Crippen LogP contribution in [0.25, 0.3) is 0 Å². The van der Waals surface area contributed by atoms with E-state index in [1.165, 1.54) is 10.4 Å². The molecule has 0 aliphatic heterocycles. The van der Waals surface area contributed by atoms with E-state index in [-0.39, 0.29) is 5.54 Å². The SMILES string of the molecule is C#CC(C)(C)NC1CCc2sc(Cl)cc21. The molecule has 0 radical (unpaired) electrons. The maximum Gasteiger partial charge on any atom is 0.0934 e. The summed E-state index contributed by atoms with van der Waals surface area (Å²) in [5.41, 5.74) is 1.09. The quantitative estimate of drug-likeness (QED) is 0.781. The monoisotopic (exact) mass is 239 g/mol. The topological polar surface area (TPSA) is 12.0 Å². The zero-order valence-electron chi connectivity index (χ0n) is 8.93. The van der Waals surface area contributed by atoms with Crippen molar-refractivity contribution < 1.29 is 0 Å². The van der Waals surface area contributed by atoms with Gasteiger partial charge in [0.2, 0.25) is 0 Å². The van der Waals surface area contributed by atoms with E-state index in [0.29, 0.717) is 6.04 Å². The van der Waals surface area contributed by atoms with Crippen molar-refractivity contribution in [2.24, 2.45) is 0 Å². The van der Waals surface area contributed by atoms with Gasteiger partial charge in [-0.15, -0.1) is 17.8 Å². The highest BCUT2D eigenvalue weighted by Crippen LogP contribution is 2.39. The van der Waals surface area contributed by atoms with Crippen molar-refractivity contribution in [1.82, 2.24) is 5.32 Å². The van der Waals surface area contributed by atoms with Crippen molar-refractivity contribution in [2.75, 3.05) is 0 Å². The van der Waals surface area contributed by atoms with Gasteiger partial charge in [0.1, 0.15) is 0 Å². The summed E-state index contributed by atoms with van der Waals surface area (Å²) in [6.45, 7) is 4.05. The van der Waals surface area contributed by atoms with E-state index in [9.17, 15) is 0 Å². The van der Waals surface area contributed by atoms with E-state index >= 15 is 0 Å². The Hall–Kier alpha value is -0.490. The average molecular weight is 240 g/mol. The smallest absolute Gasteiger partial charge is 0.0934 e. The first-order valence-electron chi connectivity index (χ1n) is 5.05. The Morgan fingerprint density at radius 2 is 2.40 bits per heavy atom. The molecular formula is C12H14ClNS. The molecule has 15 heavy (non-hydrogen) atoms. The molecule has 1 N–H and O–H groups in total. The van der Waals surface area contributed by atoms with Crippen LogP contribution in [0, 0.1) is 12.3 Å². The zero-order chi connectivity index (χ0) is 11.1. The molecule has 0 bridgehead atoms. The molecule has 80 valence electrons. The van der Waals surface area contributed by atoms with Crippen LogP contribution in [0.15, 0.2) is 6.07 Å². The molecule has 1 unspecified atom stereocenters. The Morgan fingerprint density at radius 1 is 1.67 bits per heavy atom. The van der Waals surface area contributed by atoms with E-state index in [4.69, 9.17) is 18.0 Å². The lowest BCUT2D eigenvalue weighted by Crippen LogP contribution is -2.39. The Balaban J connectivity index is 2.18. The van der Waals surface area contributed by atoms with Crippen molar-refractivity contribution in [3.8, 4) is 12.3 Å². The summed E-state index contributed by atoms with van der Waals surface area (Å²) in [7, 11) is 0. The Morgan fingerprint density at radius 3 is 3.07 bits per heavy atom. The summed E-state index contributed by atoms with van der Waals surface area (Å²) in [5.74, 6) is 2.77. The molecule has 0 fully saturated rings. The second-order valence-corrected chi connectivity index (χ2v) is 6.20. The summed E-state index contributed by atoms with van der Waals surface area (Å²) in [5, 5.41) is 3.49. The van der Waals surface area contributed by atoms with E-state index in [1.54, 1.807) is 11.3 Å². The number of fused-ring (bicyclic) bond motifs is 1. The van der Waals surface area contributed by atoms with E-state index in [0.717, 1.165) is 17.2 Å². The lowest BCUT2D eigenvalue weighted by molar-refractivity contribution is 0.410. The standard InChI is InChI=1S/C12H14ClNS/c1-4-12(2,3)14-9-5-6-10-8(9)7-11(13)15-10/h1,7,9,14H,5-6H2,2-3H3. The van der Waals surface area contributed by atoms with Crippen molar-refractivity contribution in [1.29, 1.82) is 0 Å². The summed E-state index contributed by atoms with van der Waals surface area (Å²) in [6, 6.07) is 2.44. The first-order valence-corrected chi connectivity index (χ1v) is 6.25. The zero-order valence-corrected chi connectivity index (χ0v) is 10.5. The Bertz CT molecular complexity index is 414. The molecule has 2 rings (SSSR count).